The van der Waals surface area contributed by atoms with Crippen LogP contribution in [0.25, 0.3) is 0 Å². The number of halogens is 4. The summed E-state index contributed by atoms with van der Waals surface area (Å²) in [6, 6.07) is 2.44. The Morgan fingerprint density at radius 1 is 1.47 bits per heavy atom. The van der Waals surface area contributed by atoms with Crippen molar-refractivity contribution in [3.63, 3.8) is 0 Å². The average Bonchev–Trinajstić information content (AvgIpc) is 2.20. The molecule has 0 bridgehead atoms. The molecule has 0 heterocycles. The Bertz CT molecular complexity index is 346. The van der Waals surface area contributed by atoms with Crippen molar-refractivity contribution in [1.82, 2.24) is 0 Å². The van der Waals surface area contributed by atoms with E-state index in [4.69, 9.17) is 16.3 Å². The van der Waals surface area contributed by atoms with Crippen molar-refractivity contribution < 1.29 is 13.5 Å². The molecule has 15 heavy (non-hydrogen) atoms. The normalized spacial score (nSPS) is 12.6. The lowest BCUT2D eigenvalue weighted by atomic mass is 10.2. The highest BCUT2D eigenvalue weighted by atomic mass is 79.9. The molecule has 0 aliphatic heterocycles. The molecule has 5 heteroatoms. The Hall–Kier alpha value is -0.350. The van der Waals surface area contributed by atoms with Gasteiger partial charge < -0.3 is 4.74 Å². The minimum absolute atomic E-state index is 0.0908. The van der Waals surface area contributed by atoms with Crippen LogP contribution in [0.2, 0.25) is 0 Å². The van der Waals surface area contributed by atoms with Crippen LogP contribution in [0.3, 0.4) is 0 Å². The average molecular weight is 300 g/mol. The topological polar surface area (TPSA) is 9.23 Å². The zero-order chi connectivity index (χ0) is 11.4. The molecule has 1 unspecified atom stereocenters. The molecule has 0 saturated heterocycles. The second-order valence-corrected chi connectivity index (χ2v) is 4.49. The summed E-state index contributed by atoms with van der Waals surface area (Å²) in [6.07, 6.45) is 0. The molecule has 1 aromatic carbocycles. The SMILES string of the molecule is CC(CCl)COc1cc(Br)cc(F)c1F. The van der Waals surface area contributed by atoms with Crippen molar-refractivity contribution in [2.24, 2.45) is 5.92 Å². The Morgan fingerprint density at radius 3 is 2.73 bits per heavy atom. The molecule has 1 atom stereocenters. The maximum absolute atomic E-state index is 13.2. The fourth-order valence-electron chi connectivity index (χ4n) is 0.914. The Kier molecular flexibility index (Phi) is 4.80. The van der Waals surface area contributed by atoms with Crippen LogP contribution in [0.15, 0.2) is 16.6 Å². The second kappa shape index (κ2) is 5.66. The van der Waals surface area contributed by atoms with Crippen molar-refractivity contribution >= 4 is 27.5 Å². The summed E-state index contributed by atoms with van der Waals surface area (Å²) < 4.78 is 31.7. The first-order valence-corrected chi connectivity index (χ1v) is 5.70. The van der Waals surface area contributed by atoms with Crippen LogP contribution in [0.1, 0.15) is 6.92 Å². The first-order chi connectivity index (χ1) is 7.04. The maximum Gasteiger partial charge on any atom is 0.200 e. The van der Waals surface area contributed by atoms with Crippen LogP contribution < -0.4 is 4.74 Å². The zero-order valence-corrected chi connectivity index (χ0v) is 10.4. The van der Waals surface area contributed by atoms with E-state index in [-0.39, 0.29) is 18.3 Å². The molecule has 0 radical (unpaired) electrons. The molecule has 0 fully saturated rings. The summed E-state index contributed by atoms with van der Waals surface area (Å²) in [5, 5.41) is 0. The molecule has 1 rings (SSSR count). The van der Waals surface area contributed by atoms with E-state index in [9.17, 15) is 8.78 Å². The molecule has 0 aliphatic rings. The van der Waals surface area contributed by atoms with Gasteiger partial charge in [-0.15, -0.1) is 11.6 Å². The molecule has 0 N–H and O–H groups in total. The number of alkyl halides is 1. The summed E-state index contributed by atoms with van der Waals surface area (Å²) >= 11 is 8.62. The molecular formula is C10H10BrClF2O. The molecule has 0 amide bonds. The molecular weight excluding hydrogens is 289 g/mol. The summed E-state index contributed by atoms with van der Waals surface area (Å²) in [7, 11) is 0. The third kappa shape index (κ3) is 3.61. The fraction of sp³-hybridized carbons (Fsp3) is 0.400. The van der Waals surface area contributed by atoms with Crippen LogP contribution in [0.5, 0.6) is 5.75 Å². The standard InChI is InChI=1S/C10H10BrClF2O/c1-6(4-12)5-15-9-3-7(11)2-8(13)10(9)14/h2-3,6H,4-5H2,1H3. The first kappa shape index (κ1) is 12.7. The van der Waals surface area contributed by atoms with Gasteiger partial charge in [-0.3, -0.25) is 0 Å². The molecule has 0 aliphatic carbocycles. The summed E-state index contributed by atoms with van der Waals surface area (Å²) in [5.41, 5.74) is 0. The summed E-state index contributed by atoms with van der Waals surface area (Å²) in [4.78, 5) is 0. The van der Waals surface area contributed by atoms with Gasteiger partial charge in [0, 0.05) is 16.3 Å². The van der Waals surface area contributed by atoms with Crippen molar-refractivity contribution in [2.75, 3.05) is 12.5 Å². The lowest BCUT2D eigenvalue weighted by Crippen LogP contribution is -2.10. The van der Waals surface area contributed by atoms with Crippen LogP contribution in [0.4, 0.5) is 8.78 Å². The Balaban J connectivity index is 2.76. The predicted octanol–water partition coefficient (Wildman–Crippen LogP) is 3.98. The van der Waals surface area contributed by atoms with E-state index in [1.807, 2.05) is 6.92 Å². The molecule has 0 spiro atoms. The van der Waals surface area contributed by atoms with E-state index in [1.54, 1.807) is 0 Å². The number of benzene rings is 1. The number of hydrogen-bond donors (Lipinski definition) is 0. The molecule has 0 aromatic heterocycles. The van der Waals surface area contributed by atoms with E-state index < -0.39 is 11.6 Å². The van der Waals surface area contributed by atoms with Gasteiger partial charge in [0.05, 0.1) is 6.61 Å². The van der Waals surface area contributed by atoms with Crippen molar-refractivity contribution in [3.05, 3.63) is 28.2 Å². The van der Waals surface area contributed by atoms with Gasteiger partial charge >= 0.3 is 0 Å². The first-order valence-electron chi connectivity index (χ1n) is 4.38. The van der Waals surface area contributed by atoms with Gasteiger partial charge in [-0.25, -0.2) is 4.39 Å². The fourth-order valence-corrected chi connectivity index (χ4v) is 1.41. The van der Waals surface area contributed by atoms with E-state index in [2.05, 4.69) is 15.9 Å². The number of hydrogen-bond acceptors (Lipinski definition) is 1. The van der Waals surface area contributed by atoms with Gasteiger partial charge in [0.15, 0.2) is 11.6 Å². The van der Waals surface area contributed by atoms with Crippen molar-refractivity contribution in [2.45, 2.75) is 6.92 Å². The largest absolute Gasteiger partial charge is 0.490 e. The molecule has 1 aromatic rings. The van der Waals surface area contributed by atoms with Gasteiger partial charge in [0.25, 0.3) is 0 Å². The van der Waals surface area contributed by atoms with Crippen molar-refractivity contribution in [1.29, 1.82) is 0 Å². The number of rotatable bonds is 4. The van der Waals surface area contributed by atoms with Gasteiger partial charge in [0.2, 0.25) is 5.82 Å². The van der Waals surface area contributed by atoms with Crippen LogP contribution in [-0.4, -0.2) is 12.5 Å². The summed E-state index contributed by atoms with van der Waals surface area (Å²) in [5.74, 6) is -1.50. The van der Waals surface area contributed by atoms with Gasteiger partial charge in [-0.1, -0.05) is 22.9 Å². The quantitative estimate of drug-likeness (QED) is 0.603. The van der Waals surface area contributed by atoms with Crippen LogP contribution in [-0.2, 0) is 0 Å². The van der Waals surface area contributed by atoms with E-state index >= 15 is 0 Å². The van der Waals surface area contributed by atoms with E-state index in [0.717, 1.165) is 6.07 Å². The minimum Gasteiger partial charge on any atom is -0.490 e. The smallest absolute Gasteiger partial charge is 0.200 e. The van der Waals surface area contributed by atoms with Crippen molar-refractivity contribution in [3.8, 4) is 5.75 Å². The van der Waals surface area contributed by atoms with Crippen LogP contribution in [0, 0.1) is 17.6 Å². The lowest BCUT2D eigenvalue weighted by Gasteiger charge is -2.11. The molecule has 1 nitrogen and oxygen atoms in total. The Labute approximate surface area is 101 Å². The molecule has 84 valence electrons. The highest BCUT2D eigenvalue weighted by Gasteiger charge is 2.12. The van der Waals surface area contributed by atoms with Gasteiger partial charge in [0.1, 0.15) is 0 Å². The predicted molar refractivity (Wildman–Crippen MR) is 59.4 cm³/mol. The minimum atomic E-state index is -0.972. The Morgan fingerprint density at radius 2 is 2.13 bits per heavy atom. The number of ether oxygens (including phenoxy) is 1. The van der Waals surface area contributed by atoms with Crippen LogP contribution >= 0.6 is 27.5 Å². The van der Waals surface area contributed by atoms with E-state index in [0.29, 0.717) is 10.4 Å². The zero-order valence-electron chi connectivity index (χ0n) is 8.07. The third-order valence-electron chi connectivity index (χ3n) is 1.75. The maximum atomic E-state index is 13.2. The van der Waals surface area contributed by atoms with E-state index in [1.165, 1.54) is 6.07 Å². The second-order valence-electron chi connectivity index (χ2n) is 3.27. The van der Waals surface area contributed by atoms with Gasteiger partial charge in [-0.2, -0.15) is 4.39 Å². The third-order valence-corrected chi connectivity index (χ3v) is 2.73. The highest BCUT2D eigenvalue weighted by molar-refractivity contribution is 9.10. The molecule has 0 saturated carbocycles. The summed E-state index contributed by atoms with van der Waals surface area (Å²) in [6.45, 7) is 2.12. The van der Waals surface area contributed by atoms with Gasteiger partial charge in [-0.05, 0) is 12.1 Å². The monoisotopic (exact) mass is 298 g/mol. The highest BCUT2D eigenvalue weighted by Crippen LogP contribution is 2.25. The lowest BCUT2D eigenvalue weighted by molar-refractivity contribution is 0.257.